The first-order valence-electron chi connectivity index (χ1n) is 4.05. The van der Waals surface area contributed by atoms with Crippen LogP contribution in [-0.2, 0) is 0 Å². The van der Waals surface area contributed by atoms with Gasteiger partial charge in [0, 0.05) is 12.5 Å². The SMILES string of the molecule is CCCCC[C@H](C=N)CN. The summed E-state index contributed by atoms with van der Waals surface area (Å²) in [6.07, 6.45) is 6.29. The molecule has 0 aromatic rings. The average molecular weight is 142 g/mol. The Morgan fingerprint density at radius 1 is 1.50 bits per heavy atom. The Hall–Kier alpha value is -0.370. The number of nitrogens with two attached hydrogens (primary N) is 1. The van der Waals surface area contributed by atoms with E-state index in [4.69, 9.17) is 11.1 Å². The summed E-state index contributed by atoms with van der Waals surface area (Å²) in [6.45, 7) is 2.81. The van der Waals surface area contributed by atoms with Gasteiger partial charge in [-0.3, -0.25) is 0 Å². The minimum absolute atomic E-state index is 0.326. The summed E-state index contributed by atoms with van der Waals surface area (Å²) in [5.74, 6) is 0.326. The predicted molar refractivity (Wildman–Crippen MR) is 45.5 cm³/mol. The van der Waals surface area contributed by atoms with Gasteiger partial charge in [0.05, 0.1) is 0 Å². The van der Waals surface area contributed by atoms with Gasteiger partial charge >= 0.3 is 0 Å². The highest BCUT2D eigenvalue weighted by Crippen LogP contribution is 2.05. The highest BCUT2D eigenvalue weighted by molar-refractivity contribution is 5.56. The van der Waals surface area contributed by atoms with Gasteiger partial charge in [0.2, 0.25) is 0 Å². The van der Waals surface area contributed by atoms with Crippen LogP contribution in [0.2, 0.25) is 0 Å². The van der Waals surface area contributed by atoms with Gasteiger partial charge in [0.25, 0.3) is 0 Å². The van der Waals surface area contributed by atoms with Crippen LogP contribution >= 0.6 is 0 Å². The third kappa shape index (κ3) is 4.50. The Labute approximate surface area is 63.3 Å². The van der Waals surface area contributed by atoms with Crippen molar-refractivity contribution in [3.8, 4) is 0 Å². The molecule has 0 fully saturated rings. The molecule has 0 aromatic heterocycles. The Bertz CT molecular complexity index is 81.3. The fourth-order valence-corrected chi connectivity index (χ4v) is 0.926. The molecule has 0 bridgehead atoms. The monoisotopic (exact) mass is 142 g/mol. The molecule has 0 saturated heterocycles. The summed E-state index contributed by atoms with van der Waals surface area (Å²) < 4.78 is 0. The molecule has 2 nitrogen and oxygen atoms in total. The second kappa shape index (κ2) is 6.75. The maximum atomic E-state index is 6.99. The van der Waals surface area contributed by atoms with Crippen LogP contribution in [0.25, 0.3) is 0 Å². The summed E-state index contributed by atoms with van der Waals surface area (Å²) in [6, 6.07) is 0. The van der Waals surface area contributed by atoms with E-state index in [-0.39, 0.29) is 0 Å². The molecule has 0 radical (unpaired) electrons. The van der Waals surface area contributed by atoms with Crippen LogP contribution in [0.15, 0.2) is 0 Å². The molecule has 10 heavy (non-hydrogen) atoms. The van der Waals surface area contributed by atoms with E-state index in [2.05, 4.69) is 6.92 Å². The lowest BCUT2D eigenvalue weighted by Gasteiger charge is -2.06. The summed E-state index contributed by atoms with van der Waals surface area (Å²) >= 11 is 0. The minimum Gasteiger partial charge on any atom is -0.330 e. The van der Waals surface area contributed by atoms with Crippen LogP contribution in [0.5, 0.6) is 0 Å². The van der Waals surface area contributed by atoms with Crippen molar-refractivity contribution >= 4 is 6.21 Å². The van der Waals surface area contributed by atoms with Crippen molar-refractivity contribution in [3.05, 3.63) is 0 Å². The maximum Gasteiger partial charge on any atom is 0.00580 e. The van der Waals surface area contributed by atoms with Gasteiger partial charge in [-0.15, -0.1) is 0 Å². The van der Waals surface area contributed by atoms with E-state index in [0.717, 1.165) is 6.42 Å². The van der Waals surface area contributed by atoms with E-state index < -0.39 is 0 Å². The fourth-order valence-electron chi connectivity index (χ4n) is 0.926. The fraction of sp³-hybridized carbons (Fsp3) is 0.875. The summed E-state index contributed by atoms with van der Waals surface area (Å²) in [5, 5.41) is 6.99. The molecular formula is C8H18N2. The van der Waals surface area contributed by atoms with Crippen LogP contribution in [0.3, 0.4) is 0 Å². The van der Waals surface area contributed by atoms with E-state index in [9.17, 15) is 0 Å². The summed E-state index contributed by atoms with van der Waals surface area (Å²) in [7, 11) is 0. The van der Waals surface area contributed by atoms with Crippen LogP contribution < -0.4 is 5.73 Å². The first-order chi connectivity index (χ1) is 4.85. The molecular weight excluding hydrogens is 124 g/mol. The highest BCUT2D eigenvalue weighted by Gasteiger charge is 2.00. The van der Waals surface area contributed by atoms with E-state index in [1.165, 1.54) is 25.5 Å². The quantitative estimate of drug-likeness (QED) is 0.431. The van der Waals surface area contributed by atoms with Crippen molar-refractivity contribution in [2.75, 3.05) is 6.54 Å². The molecule has 0 unspecified atom stereocenters. The third-order valence-corrected chi connectivity index (χ3v) is 1.72. The topological polar surface area (TPSA) is 49.9 Å². The Morgan fingerprint density at radius 2 is 2.20 bits per heavy atom. The molecule has 0 aliphatic carbocycles. The molecule has 0 aliphatic rings. The second-order valence-corrected chi connectivity index (χ2v) is 2.66. The third-order valence-electron chi connectivity index (χ3n) is 1.72. The van der Waals surface area contributed by atoms with Crippen LogP contribution in [0.4, 0.5) is 0 Å². The summed E-state index contributed by atoms with van der Waals surface area (Å²) in [5.41, 5.74) is 5.41. The maximum absolute atomic E-state index is 6.99. The average Bonchev–Trinajstić information content (AvgIpc) is 1.99. The van der Waals surface area contributed by atoms with Crippen molar-refractivity contribution in [2.45, 2.75) is 32.6 Å². The van der Waals surface area contributed by atoms with Gasteiger partial charge in [-0.1, -0.05) is 26.2 Å². The van der Waals surface area contributed by atoms with Gasteiger partial charge in [-0.2, -0.15) is 0 Å². The van der Waals surface area contributed by atoms with Crippen molar-refractivity contribution < 1.29 is 0 Å². The molecule has 0 amide bonds. The van der Waals surface area contributed by atoms with E-state index in [1.807, 2.05) is 0 Å². The molecule has 0 saturated carbocycles. The van der Waals surface area contributed by atoms with Crippen LogP contribution in [-0.4, -0.2) is 12.8 Å². The molecule has 1 atom stereocenters. The zero-order chi connectivity index (χ0) is 7.82. The van der Waals surface area contributed by atoms with Crippen molar-refractivity contribution in [1.29, 1.82) is 5.41 Å². The lowest BCUT2D eigenvalue weighted by atomic mass is 10.0. The van der Waals surface area contributed by atoms with Gasteiger partial charge < -0.3 is 11.1 Å². The normalized spacial score (nSPS) is 13.0. The van der Waals surface area contributed by atoms with Crippen molar-refractivity contribution in [1.82, 2.24) is 0 Å². The molecule has 0 aliphatic heterocycles. The first-order valence-corrected chi connectivity index (χ1v) is 4.05. The lowest BCUT2D eigenvalue weighted by Crippen LogP contribution is -2.14. The van der Waals surface area contributed by atoms with Gasteiger partial charge in [0.1, 0.15) is 0 Å². The van der Waals surface area contributed by atoms with Crippen LogP contribution in [0.1, 0.15) is 32.6 Å². The van der Waals surface area contributed by atoms with Gasteiger partial charge in [0.15, 0.2) is 0 Å². The smallest absolute Gasteiger partial charge is 0.00580 e. The van der Waals surface area contributed by atoms with Crippen molar-refractivity contribution in [3.63, 3.8) is 0 Å². The molecule has 60 valence electrons. The van der Waals surface area contributed by atoms with Gasteiger partial charge in [-0.05, 0) is 12.6 Å². The van der Waals surface area contributed by atoms with Gasteiger partial charge in [-0.25, -0.2) is 0 Å². The number of unbranched alkanes of at least 4 members (excludes halogenated alkanes) is 2. The molecule has 0 aromatic carbocycles. The highest BCUT2D eigenvalue weighted by atomic mass is 14.6. The second-order valence-electron chi connectivity index (χ2n) is 2.66. The first kappa shape index (κ1) is 9.63. The molecule has 0 heterocycles. The Balaban J connectivity index is 3.17. The molecule has 2 heteroatoms. The summed E-state index contributed by atoms with van der Waals surface area (Å²) in [4.78, 5) is 0. The lowest BCUT2D eigenvalue weighted by molar-refractivity contribution is 0.576. The predicted octanol–water partition coefficient (Wildman–Crippen LogP) is 1.79. The van der Waals surface area contributed by atoms with E-state index >= 15 is 0 Å². The van der Waals surface area contributed by atoms with E-state index in [0.29, 0.717) is 12.5 Å². The zero-order valence-corrected chi connectivity index (χ0v) is 6.77. The Morgan fingerprint density at radius 3 is 2.60 bits per heavy atom. The zero-order valence-electron chi connectivity index (χ0n) is 6.77. The van der Waals surface area contributed by atoms with E-state index in [1.54, 1.807) is 0 Å². The number of rotatable bonds is 6. The molecule has 0 spiro atoms. The minimum atomic E-state index is 0.326. The number of nitrogens with one attached hydrogen (secondary N) is 1. The van der Waals surface area contributed by atoms with Crippen LogP contribution in [0, 0.1) is 11.3 Å². The number of hydrogen-bond acceptors (Lipinski definition) is 2. The number of hydrogen-bond donors (Lipinski definition) is 2. The standard InChI is InChI=1S/C8H18N2/c1-2-3-4-5-8(6-9)7-10/h6,8-9H,2-5,7,10H2,1H3/t8-/m1/s1. The largest absolute Gasteiger partial charge is 0.330 e. The Kier molecular flexibility index (Phi) is 6.50. The molecule has 3 N–H and O–H groups in total. The molecule has 0 rings (SSSR count). The van der Waals surface area contributed by atoms with Crippen molar-refractivity contribution in [2.24, 2.45) is 11.7 Å².